The Bertz CT molecular complexity index is 1030. The Balaban J connectivity index is 1.92. The molecule has 0 aliphatic rings. The molecule has 0 amide bonds. The predicted molar refractivity (Wildman–Crippen MR) is 93.9 cm³/mol. The van der Waals surface area contributed by atoms with E-state index in [2.05, 4.69) is 14.9 Å². The zero-order valence-corrected chi connectivity index (χ0v) is 14.7. The van der Waals surface area contributed by atoms with Gasteiger partial charge in [-0.25, -0.2) is 18.1 Å². The Morgan fingerprint density at radius 3 is 2.73 bits per heavy atom. The van der Waals surface area contributed by atoms with E-state index in [0.717, 1.165) is 5.56 Å². The predicted octanol–water partition coefficient (Wildman–Crippen LogP) is 2.42. The fourth-order valence-corrected chi connectivity index (χ4v) is 3.74. The number of carboxylic acids is 1. The molecule has 0 aliphatic carbocycles. The van der Waals surface area contributed by atoms with Crippen LogP contribution in [-0.2, 0) is 14.8 Å². The van der Waals surface area contributed by atoms with E-state index in [1.54, 1.807) is 6.92 Å². The number of nitrogens with one attached hydrogen (secondary N) is 1. The van der Waals surface area contributed by atoms with Gasteiger partial charge in [-0.05, 0) is 19.4 Å². The van der Waals surface area contributed by atoms with Crippen LogP contribution < -0.4 is 4.72 Å². The minimum absolute atomic E-state index is 0.0347. The third kappa shape index (κ3) is 3.89. The number of carboxylic acid groups (broad SMARTS) is 1. The Morgan fingerprint density at radius 1 is 1.31 bits per heavy atom. The van der Waals surface area contributed by atoms with Crippen LogP contribution >= 0.6 is 0 Å². The lowest BCUT2D eigenvalue weighted by molar-refractivity contribution is -0.137. The van der Waals surface area contributed by atoms with Gasteiger partial charge in [0.15, 0.2) is 0 Å². The summed E-state index contributed by atoms with van der Waals surface area (Å²) in [7, 11) is -3.85. The number of nitrogens with zero attached hydrogens (tertiary/aromatic N) is 2. The van der Waals surface area contributed by atoms with Crippen molar-refractivity contribution >= 4 is 27.1 Å². The number of rotatable bonds is 7. The number of fused-ring (bicyclic) bond motifs is 1. The van der Waals surface area contributed by atoms with Crippen LogP contribution in [0.1, 0.15) is 19.8 Å². The van der Waals surface area contributed by atoms with Gasteiger partial charge < -0.3 is 9.63 Å². The number of sulfonamides is 1. The zero-order chi connectivity index (χ0) is 18.7. The number of hydrogen-bond acceptors (Lipinski definition) is 6. The van der Waals surface area contributed by atoms with Crippen molar-refractivity contribution in [1.29, 1.82) is 0 Å². The molecule has 2 heterocycles. The van der Waals surface area contributed by atoms with Gasteiger partial charge in [0.25, 0.3) is 5.71 Å². The minimum Gasteiger partial charge on any atom is -0.481 e. The van der Waals surface area contributed by atoms with E-state index in [-0.39, 0.29) is 23.5 Å². The van der Waals surface area contributed by atoms with E-state index in [9.17, 15) is 13.2 Å². The maximum atomic E-state index is 12.6. The highest BCUT2D eigenvalue weighted by atomic mass is 32.2. The summed E-state index contributed by atoms with van der Waals surface area (Å²) in [4.78, 5) is 14.6. The number of hydrogen-bond donors (Lipinski definition) is 2. The van der Waals surface area contributed by atoms with E-state index in [1.807, 2.05) is 30.3 Å². The van der Waals surface area contributed by atoms with Gasteiger partial charge in [0.2, 0.25) is 10.0 Å². The summed E-state index contributed by atoms with van der Waals surface area (Å²) in [6.07, 6.45) is 1.26. The molecule has 0 aliphatic heterocycles. The summed E-state index contributed by atoms with van der Waals surface area (Å²) in [5, 5.41) is 13.2. The van der Waals surface area contributed by atoms with E-state index in [4.69, 9.17) is 9.63 Å². The average Bonchev–Trinajstić information content (AvgIpc) is 3.03. The molecule has 9 heteroatoms. The molecule has 3 rings (SSSR count). The molecule has 8 nitrogen and oxygen atoms in total. The van der Waals surface area contributed by atoms with Crippen molar-refractivity contribution < 1.29 is 22.8 Å². The lowest BCUT2D eigenvalue weighted by Crippen LogP contribution is -2.33. The fraction of sp³-hybridized carbons (Fsp3) is 0.235. The van der Waals surface area contributed by atoms with Gasteiger partial charge in [-0.2, -0.15) is 0 Å². The summed E-state index contributed by atoms with van der Waals surface area (Å²) in [6, 6.07) is 10.2. The van der Waals surface area contributed by atoms with Crippen LogP contribution in [0.2, 0.25) is 0 Å². The Hall–Kier alpha value is -2.78. The lowest BCUT2D eigenvalue weighted by Gasteiger charge is -2.13. The van der Waals surface area contributed by atoms with Crippen LogP contribution in [-0.4, -0.2) is 35.7 Å². The molecule has 0 saturated heterocycles. The van der Waals surface area contributed by atoms with Gasteiger partial charge in [-0.15, -0.1) is 0 Å². The SMILES string of the molecule is C[C@H](CCC(=O)O)NS(=O)(=O)c1cnc2onc(-c3ccccc3)c2c1. The van der Waals surface area contributed by atoms with Crippen LogP contribution in [0.3, 0.4) is 0 Å². The second-order valence-electron chi connectivity index (χ2n) is 5.88. The Morgan fingerprint density at radius 2 is 2.04 bits per heavy atom. The van der Waals surface area contributed by atoms with Crippen molar-refractivity contribution in [3.05, 3.63) is 42.6 Å². The van der Waals surface area contributed by atoms with Gasteiger partial charge in [-0.3, -0.25) is 4.79 Å². The molecule has 0 bridgehead atoms. The highest BCUT2D eigenvalue weighted by Crippen LogP contribution is 2.28. The maximum Gasteiger partial charge on any atom is 0.303 e. The standard InChI is InChI=1S/C17H17N3O5S/c1-11(7-8-15(21)22)20-26(23,24)13-9-14-16(12-5-3-2-4-6-12)19-25-17(14)18-10-13/h2-6,9-11,20H,7-8H2,1H3,(H,21,22)/t11-/m1/s1. The molecule has 0 radical (unpaired) electrons. The molecule has 0 saturated carbocycles. The van der Waals surface area contributed by atoms with E-state index >= 15 is 0 Å². The summed E-state index contributed by atoms with van der Waals surface area (Å²) in [5.74, 6) is -0.976. The first kappa shape index (κ1) is 18.0. The molecule has 2 aromatic heterocycles. The second kappa shape index (κ2) is 7.22. The highest BCUT2D eigenvalue weighted by molar-refractivity contribution is 7.89. The van der Waals surface area contributed by atoms with Crippen LogP contribution in [0.4, 0.5) is 0 Å². The monoisotopic (exact) mass is 375 g/mol. The van der Waals surface area contributed by atoms with Crippen molar-refractivity contribution in [2.24, 2.45) is 0 Å². The van der Waals surface area contributed by atoms with Gasteiger partial charge in [0, 0.05) is 18.0 Å². The van der Waals surface area contributed by atoms with E-state index in [0.29, 0.717) is 11.1 Å². The topological polar surface area (TPSA) is 122 Å². The fourth-order valence-electron chi connectivity index (χ4n) is 2.50. The van der Waals surface area contributed by atoms with Crippen molar-refractivity contribution in [1.82, 2.24) is 14.9 Å². The molecule has 0 spiro atoms. The largest absolute Gasteiger partial charge is 0.481 e. The summed E-state index contributed by atoms with van der Waals surface area (Å²) in [6.45, 7) is 1.61. The first-order chi connectivity index (χ1) is 12.4. The van der Waals surface area contributed by atoms with Crippen molar-refractivity contribution in [2.75, 3.05) is 0 Å². The second-order valence-corrected chi connectivity index (χ2v) is 7.59. The van der Waals surface area contributed by atoms with Crippen LogP contribution in [0, 0.1) is 0 Å². The number of aliphatic carboxylic acids is 1. The summed E-state index contributed by atoms with van der Waals surface area (Å²) in [5.41, 5.74) is 1.52. The number of benzene rings is 1. The van der Waals surface area contributed by atoms with Crippen LogP contribution in [0.5, 0.6) is 0 Å². The summed E-state index contributed by atoms with van der Waals surface area (Å²) < 4.78 is 32.7. The zero-order valence-electron chi connectivity index (χ0n) is 13.9. The lowest BCUT2D eigenvalue weighted by atomic mass is 10.1. The smallest absolute Gasteiger partial charge is 0.303 e. The van der Waals surface area contributed by atoms with Gasteiger partial charge in [0.05, 0.1) is 11.6 Å². The Labute approximate surface area is 149 Å². The van der Waals surface area contributed by atoms with Crippen LogP contribution in [0.15, 0.2) is 52.0 Å². The van der Waals surface area contributed by atoms with Gasteiger partial charge >= 0.3 is 5.97 Å². The molecular formula is C17H17N3O5S. The van der Waals surface area contributed by atoms with Crippen molar-refractivity contribution in [2.45, 2.75) is 30.7 Å². The number of carbonyl (C=O) groups is 1. The van der Waals surface area contributed by atoms with Crippen molar-refractivity contribution in [3.8, 4) is 11.3 Å². The van der Waals surface area contributed by atoms with Crippen molar-refractivity contribution in [3.63, 3.8) is 0 Å². The first-order valence-electron chi connectivity index (χ1n) is 7.92. The van der Waals surface area contributed by atoms with Gasteiger partial charge in [-0.1, -0.05) is 35.5 Å². The molecule has 1 aromatic carbocycles. The third-order valence-corrected chi connectivity index (χ3v) is 5.37. The van der Waals surface area contributed by atoms with Crippen LogP contribution in [0.25, 0.3) is 22.4 Å². The average molecular weight is 375 g/mol. The normalized spacial score (nSPS) is 13.0. The minimum atomic E-state index is -3.85. The molecule has 0 unspecified atom stereocenters. The Kier molecular flexibility index (Phi) is 5.01. The molecule has 3 aromatic rings. The number of aromatic nitrogens is 2. The third-order valence-electron chi connectivity index (χ3n) is 3.81. The molecule has 136 valence electrons. The maximum absolute atomic E-state index is 12.6. The highest BCUT2D eigenvalue weighted by Gasteiger charge is 2.21. The molecule has 0 fully saturated rings. The summed E-state index contributed by atoms with van der Waals surface area (Å²) >= 11 is 0. The molecule has 26 heavy (non-hydrogen) atoms. The van der Waals surface area contributed by atoms with Gasteiger partial charge in [0.1, 0.15) is 10.6 Å². The first-order valence-corrected chi connectivity index (χ1v) is 9.40. The number of pyridine rings is 1. The quantitative estimate of drug-likeness (QED) is 0.650. The molecular weight excluding hydrogens is 358 g/mol. The van der Waals surface area contributed by atoms with E-state index < -0.39 is 22.0 Å². The molecule has 1 atom stereocenters. The van der Waals surface area contributed by atoms with E-state index in [1.165, 1.54) is 12.3 Å². The molecule has 2 N–H and O–H groups in total.